The number of nitrogens with zero attached hydrogens (tertiary/aromatic N) is 1. The molecule has 19 heavy (non-hydrogen) atoms. The summed E-state index contributed by atoms with van der Waals surface area (Å²) in [5.74, 6) is -1.96. The van der Waals surface area contributed by atoms with E-state index in [0.717, 1.165) is 16.4 Å². The molecule has 108 valence electrons. The van der Waals surface area contributed by atoms with E-state index in [1.165, 1.54) is 7.11 Å². The molecule has 0 atom stereocenters. The predicted octanol–water partition coefficient (Wildman–Crippen LogP) is 0.594. The molecule has 0 saturated carbocycles. The number of halogens is 2. The lowest BCUT2D eigenvalue weighted by molar-refractivity contribution is 0.168. The van der Waals surface area contributed by atoms with Crippen molar-refractivity contribution in [1.29, 1.82) is 0 Å². The standard InChI is InChI=1S/C11H15F2NO4S/c1-18-5-3-14(2-4-15)19(16,17)11-7-9(12)6-10(13)8-11/h6-8,15H,2-5H2,1H3. The van der Waals surface area contributed by atoms with Crippen molar-refractivity contribution < 1.29 is 27.0 Å². The first-order chi connectivity index (χ1) is 8.91. The Morgan fingerprint density at radius 2 is 1.79 bits per heavy atom. The molecule has 0 aliphatic carbocycles. The van der Waals surface area contributed by atoms with Crippen LogP contribution in [0.25, 0.3) is 0 Å². The Hall–Kier alpha value is -1.09. The number of aliphatic hydroxyl groups is 1. The van der Waals surface area contributed by atoms with Crippen molar-refractivity contribution >= 4 is 10.0 Å². The van der Waals surface area contributed by atoms with E-state index in [9.17, 15) is 17.2 Å². The molecule has 1 rings (SSSR count). The normalized spacial score (nSPS) is 12.1. The van der Waals surface area contributed by atoms with Crippen LogP contribution >= 0.6 is 0 Å². The van der Waals surface area contributed by atoms with Gasteiger partial charge in [-0.25, -0.2) is 17.2 Å². The van der Waals surface area contributed by atoms with Gasteiger partial charge >= 0.3 is 0 Å². The van der Waals surface area contributed by atoms with Crippen LogP contribution in [-0.4, -0.2) is 51.2 Å². The minimum atomic E-state index is -4.07. The number of ether oxygens (including phenoxy) is 1. The summed E-state index contributed by atoms with van der Waals surface area (Å²) >= 11 is 0. The smallest absolute Gasteiger partial charge is 0.243 e. The summed E-state index contributed by atoms with van der Waals surface area (Å²) in [7, 11) is -2.67. The van der Waals surface area contributed by atoms with E-state index in [0.29, 0.717) is 6.07 Å². The maximum absolute atomic E-state index is 13.1. The largest absolute Gasteiger partial charge is 0.395 e. The van der Waals surface area contributed by atoms with Crippen LogP contribution in [-0.2, 0) is 14.8 Å². The highest BCUT2D eigenvalue weighted by molar-refractivity contribution is 7.89. The molecule has 0 saturated heterocycles. The molecule has 1 N–H and O–H groups in total. The summed E-state index contributed by atoms with van der Waals surface area (Å²) in [6.45, 7) is -0.487. The number of sulfonamides is 1. The number of aliphatic hydroxyl groups excluding tert-OH is 1. The van der Waals surface area contributed by atoms with Gasteiger partial charge in [0.05, 0.1) is 18.1 Å². The molecule has 0 bridgehead atoms. The van der Waals surface area contributed by atoms with Crippen molar-refractivity contribution in [3.8, 4) is 0 Å². The van der Waals surface area contributed by atoms with Gasteiger partial charge in [0.15, 0.2) is 0 Å². The van der Waals surface area contributed by atoms with Gasteiger partial charge in [0.1, 0.15) is 11.6 Å². The summed E-state index contributed by atoms with van der Waals surface area (Å²) < 4.78 is 56.1. The second kappa shape index (κ2) is 6.90. The van der Waals surface area contributed by atoms with E-state index < -0.39 is 33.2 Å². The zero-order valence-electron chi connectivity index (χ0n) is 10.3. The minimum Gasteiger partial charge on any atom is -0.395 e. The summed E-state index contributed by atoms with van der Waals surface area (Å²) in [6.07, 6.45) is 0. The first-order valence-corrected chi connectivity index (χ1v) is 6.92. The monoisotopic (exact) mass is 295 g/mol. The van der Waals surface area contributed by atoms with Crippen LogP contribution in [0.4, 0.5) is 8.78 Å². The quantitative estimate of drug-likeness (QED) is 0.799. The number of benzene rings is 1. The molecule has 0 heterocycles. The molecule has 5 nitrogen and oxygen atoms in total. The maximum atomic E-state index is 13.1. The van der Waals surface area contributed by atoms with Crippen LogP contribution in [0.15, 0.2) is 23.1 Å². The Kier molecular flexibility index (Phi) is 5.80. The summed E-state index contributed by atoms with van der Waals surface area (Å²) in [5, 5.41) is 8.86. The highest BCUT2D eigenvalue weighted by Crippen LogP contribution is 2.18. The lowest BCUT2D eigenvalue weighted by Gasteiger charge is -2.20. The summed E-state index contributed by atoms with van der Waals surface area (Å²) in [6, 6.07) is 2.05. The molecule has 0 aromatic heterocycles. The van der Waals surface area contributed by atoms with E-state index in [4.69, 9.17) is 9.84 Å². The molecular weight excluding hydrogens is 280 g/mol. The third-order valence-corrected chi connectivity index (χ3v) is 4.24. The summed E-state index contributed by atoms with van der Waals surface area (Å²) in [5.41, 5.74) is 0. The van der Waals surface area contributed by atoms with Crippen LogP contribution in [0.3, 0.4) is 0 Å². The number of hydrogen-bond donors (Lipinski definition) is 1. The van der Waals surface area contributed by atoms with Crippen molar-refractivity contribution in [2.75, 3.05) is 33.4 Å². The fourth-order valence-corrected chi connectivity index (χ4v) is 2.94. The van der Waals surface area contributed by atoms with Crippen LogP contribution < -0.4 is 0 Å². The van der Waals surface area contributed by atoms with E-state index in [1.807, 2.05) is 0 Å². The van der Waals surface area contributed by atoms with Crippen molar-refractivity contribution in [3.05, 3.63) is 29.8 Å². The fourth-order valence-electron chi connectivity index (χ4n) is 1.48. The highest BCUT2D eigenvalue weighted by Gasteiger charge is 2.25. The van der Waals surface area contributed by atoms with E-state index in [2.05, 4.69) is 0 Å². The molecule has 0 aliphatic rings. The molecule has 0 unspecified atom stereocenters. The zero-order chi connectivity index (χ0) is 14.5. The van der Waals surface area contributed by atoms with Gasteiger partial charge < -0.3 is 9.84 Å². The molecular formula is C11H15F2NO4S. The Bertz CT molecular complexity index is 501. The van der Waals surface area contributed by atoms with Gasteiger partial charge in [-0.15, -0.1) is 0 Å². The third-order valence-electron chi connectivity index (χ3n) is 2.37. The van der Waals surface area contributed by atoms with Gasteiger partial charge in [-0.2, -0.15) is 4.31 Å². The Morgan fingerprint density at radius 3 is 2.26 bits per heavy atom. The number of methoxy groups -OCH3 is 1. The Labute approximate surface area is 110 Å². The van der Waals surface area contributed by atoms with Crippen LogP contribution in [0, 0.1) is 11.6 Å². The van der Waals surface area contributed by atoms with Gasteiger partial charge in [-0.05, 0) is 12.1 Å². The van der Waals surface area contributed by atoms with Gasteiger partial charge in [-0.1, -0.05) is 0 Å². The third kappa shape index (κ3) is 4.20. The maximum Gasteiger partial charge on any atom is 0.243 e. The second-order valence-corrected chi connectivity index (χ2v) is 5.66. The fraction of sp³-hybridized carbons (Fsp3) is 0.455. The molecule has 0 radical (unpaired) electrons. The molecule has 0 fully saturated rings. The van der Waals surface area contributed by atoms with Crippen molar-refractivity contribution in [3.63, 3.8) is 0 Å². The Balaban J connectivity index is 3.10. The first kappa shape index (κ1) is 16.0. The lowest BCUT2D eigenvalue weighted by Crippen LogP contribution is -2.36. The van der Waals surface area contributed by atoms with Crippen LogP contribution in [0.2, 0.25) is 0 Å². The Morgan fingerprint density at radius 1 is 1.21 bits per heavy atom. The molecule has 1 aromatic carbocycles. The van der Waals surface area contributed by atoms with Gasteiger partial charge in [0, 0.05) is 26.3 Å². The van der Waals surface area contributed by atoms with Gasteiger partial charge in [0.25, 0.3) is 0 Å². The minimum absolute atomic E-state index is 0.0163. The van der Waals surface area contributed by atoms with Crippen LogP contribution in [0.1, 0.15) is 0 Å². The SMILES string of the molecule is COCCN(CCO)S(=O)(=O)c1cc(F)cc(F)c1. The van der Waals surface area contributed by atoms with E-state index in [-0.39, 0.29) is 19.7 Å². The van der Waals surface area contributed by atoms with Crippen molar-refractivity contribution in [1.82, 2.24) is 4.31 Å². The molecule has 8 heteroatoms. The topological polar surface area (TPSA) is 66.8 Å². The average molecular weight is 295 g/mol. The molecule has 1 aromatic rings. The molecule has 0 amide bonds. The van der Waals surface area contributed by atoms with Gasteiger partial charge in [0.2, 0.25) is 10.0 Å². The molecule has 0 aliphatic heterocycles. The number of rotatable bonds is 7. The zero-order valence-corrected chi connectivity index (χ0v) is 11.2. The van der Waals surface area contributed by atoms with E-state index >= 15 is 0 Å². The van der Waals surface area contributed by atoms with Gasteiger partial charge in [-0.3, -0.25) is 0 Å². The highest BCUT2D eigenvalue weighted by atomic mass is 32.2. The second-order valence-electron chi connectivity index (χ2n) is 3.73. The lowest BCUT2D eigenvalue weighted by atomic mass is 10.3. The first-order valence-electron chi connectivity index (χ1n) is 5.48. The van der Waals surface area contributed by atoms with E-state index in [1.54, 1.807) is 0 Å². The predicted molar refractivity (Wildman–Crippen MR) is 64.1 cm³/mol. The summed E-state index contributed by atoms with van der Waals surface area (Å²) in [4.78, 5) is -0.491. The molecule has 0 spiro atoms. The average Bonchev–Trinajstić information content (AvgIpc) is 2.33. The van der Waals surface area contributed by atoms with Crippen molar-refractivity contribution in [2.45, 2.75) is 4.90 Å². The van der Waals surface area contributed by atoms with Crippen LogP contribution in [0.5, 0.6) is 0 Å². The number of hydrogen-bond acceptors (Lipinski definition) is 4. The van der Waals surface area contributed by atoms with Crippen molar-refractivity contribution in [2.24, 2.45) is 0 Å².